The van der Waals surface area contributed by atoms with Gasteiger partial charge >= 0.3 is 6.21 Å². The van der Waals surface area contributed by atoms with Gasteiger partial charge in [-0.2, -0.15) is 4.79 Å². The maximum atomic E-state index is 11.3. The van der Waals surface area contributed by atoms with Crippen molar-refractivity contribution in [3.05, 3.63) is 40.0 Å². The Morgan fingerprint density at radius 1 is 1.56 bits per heavy atom. The molecule has 0 spiro atoms. The molecule has 2 rings (SSSR count). The quantitative estimate of drug-likeness (QED) is 0.522. The maximum Gasteiger partial charge on any atom is 0.323 e. The average molecular weight is 278 g/mol. The number of nitrogens with one attached hydrogen (secondary N) is 1. The molecule has 1 aromatic heterocycles. The average Bonchev–Trinajstić information content (AvgIpc) is 2.61. The first kappa shape index (κ1) is 10.8. The molecule has 0 atom stereocenters. The second-order valence-corrected chi connectivity index (χ2v) is 4.31. The molecule has 4 nitrogen and oxygen atoms in total. The summed E-state index contributed by atoms with van der Waals surface area (Å²) in [5.74, 6) is -0.233. The molecule has 0 aliphatic rings. The van der Waals surface area contributed by atoms with Crippen LogP contribution >= 0.6 is 15.9 Å². The van der Waals surface area contributed by atoms with E-state index in [9.17, 15) is 4.79 Å². The minimum atomic E-state index is -0.233. The molecule has 16 heavy (non-hydrogen) atoms. The Morgan fingerprint density at radius 3 is 3.12 bits per heavy atom. The third kappa shape index (κ3) is 2.10. The third-order valence-corrected chi connectivity index (χ3v) is 2.79. The Kier molecular flexibility index (Phi) is 2.99. The van der Waals surface area contributed by atoms with Crippen LogP contribution < -0.4 is 0 Å². The van der Waals surface area contributed by atoms with Gasteiger partial charge in [0.2, 0.25) is 5.78 Å². The van der Waals surface area contributed by atoms with Gasteiger partial charge in [0.25, 0.3) is 0 Å². The van der Waals surface area contributed by atoms with E-state index in [1.807, 2.05) is 18.2 Å². The number of fused-ring (bicyclic) bond motifs is 1. The fraction of sp³-hybridized carbons (Fsp3) is 0.0909. The smallest absolute Gasteiger partial charge is 0.323 e. The second kappa shape index (κ2) is 4.43. The van der Waals surface area contributed by atoms with Gasteiger partial charge in [-0.3, -0.25) is 4.79 Å². The number of hydrogen-bond donors (Lipinski definition) is 1. The molecule has 1 aromatic carbocycles. The molecule has 0 saturated carbocycles. The first-order valence-corrected chi connectivity index (χ1v) is 5.46. The first-order chi connectivity index (χ1) is 7.70. The summed E-state index contributed by atoms with van der Waals surface area (Å²) < 4.78 is 0.962. The monoisotopic (exact) mass is 277 g/mol. The van der Waals surface area contributed by atoms with Gasteiger partial charge in [-0.1, -0.05) is 15.9 Å². The Balaban J connectivity index is 2.41. The lowest BCUT2D eigenvalue weighted by atomic mass is 10.1. The normalized spacial score (nSPS) is 10.1. The van der Waals surface area contributed by atoms with Crippen molar-refractivity contribution in [1.29, 1.82) is 0 Å². The largest absolute Gasteiger partial charge is 0.361 e. The summed E-state index contributed by atoms with van der Waals surface area (Å²) in [5.41, 5.74) is 10.1. The highest BCUT2D eigenvalue weighted by molar-refractivity contribution is 9.10. The highest BCUT2D eigenvalue weighted by atomic mass is 79.9. The standard InChI is InChI=1S/C11H8BrN3O/c12-8-1-2-11-10(4-8)7(5-14-11)3-9(16)6-15-13/h1-2,4-6,14H,3H2. The van der Waals surface area contributed by atoms with E-state index in [2.05, 4.69) is 25.7 Å². The van der Waals surface area contributed by atoms with Crippen LogP contribution in [0, 0.1) is 0 Å². The number of ketones is 1. The SMILES string of the molecule is [N-]=[N+]=CC(=O)Cc1c[nH]c2ccc(Br)cc12. The Morgan fingerprint density at radius 2 is 2.38 bits per heavy atom. The molecule has 1 heterocycles. The molecule has 0 radical (unpaired) electrons. The summed E-state index contributed by atoms with van der Waals surface area (Å²) in [6.07, 6.45) is 2.93. The van der Waals surface area contributed by atoms with Crippen LogP contribution in [0.4, 0.5) is 0 Å². The van der Waals surface area contributed by atoms with Crippen molar-refractivity contribution < 1.29 is 9.58 Å². The second-order valence-electron chi connectivity index (χ2n) is 3.39. The van der Waals surface area contributed by atoms with Gasteiger partial charge < -0.3 is 10.5 Å². The maximum absolute atomic E-state index is 11.3. The number of carbonyl (C=O) groups is 1. The first-order valence-electron chi connectivity index (χ1n) is 4.66. The van der Waals surface area contributed by atoms with E-state index in [1.54, 1.807) is 6.20 Å². The Bertz CT molecular complexity index is 596. The molecule has 5 heteroatoms. The molecule has 0 aliphatic carbocycles. The van der Waals surface area contributed by atoms with Gasteiger partial charge in [0.05, 0.1) is 0 Å². The van der Waals surface area contributed by atoms with Crippen LogP contribution in [0.2, 0.25) is 0 Å². The number of nitrogens with zero attached hydrogens (tertiary/aromatic N) is 2. The number of benzene rings is 1. The molecule has 0 fully saturated rings. The number of Topliss-reactive ketones (excluding diaryl/α,β-unsaturated/α-hetero) is 1. The Labute approximate surface area is 100 Å². The molecule has 1 N–H and O–H groups in total. The summed E-state index contributed by atoms with van der Waals surface area (Å²) in [6, 6.07) is 5.82. The van der Waals surface area contributed by atoms with Crippen LogP contribution in [0.3, 0.4) is 0 Å². The van der Waals surface area contributed by atoms with Crippen LogP contribution in [0.1, 0.15) is 5.56 Å². The molecular weight excluding hydrogens is 270 g/mol. The highest BCUT2D eigenvalue weighted by Crippen LogP contribution is 2.22. The minimum Gasteiger partial charge on any atom is -0.361 e. The van der Waals surface area contributed by atoms with E-state index in [4.69, 9.17) is 5.53 Å². The van der Waals surface area contributed by atoms with Crippen molar-refractivity contribution >= 4 is 38.8 Å². The number of H-pyrrole nitrogens is 1. The molecule has 0 amide bonds. The number of aromatic nitrogens is 1. The van der Waals surface area contributed by atoms with Crippen LogP contribution in [-0.4, -0.2) is 21.8 Å². The number of hydrogen-bond acceptors (Lipinski definition) is 1. The van der Waals surface area contributed by atoms with E-state index in [1.165, 1.54) is 0 Å². The summed E-state index contributed by atoms with van der Waals surface area (Å²) in [7, 11) is 0. The van der Waals surface area contributed by atoms with Crippen LogP contribution in [-0.2, 0) is 11.2 Å². The molecule has 0 unspecified atom stereocenters. The van der Waals surface area contributed by atoms with Crippen molar-refractivity contribution in [3.8, 4) is 0 Å². The van der Waals surface area contributed by atoms with E-state index >= 15 is 0 Å². The van der Waals surface area contributed by atoms with Crippen molar-refractivity contribution in [3.63, 3.8) is 0 Å². The number of halogens is 1. The highest BCUT2D eigenvalue weighted by Gasteiger charge is 2.09. The van der Waals surface area contributed by atoms with Gasteiger partial charge in [-0.05, 0) is 23.8 Å². The lowest BCUT2D eigenvalue weighted by molar-refractivity contribution is -0.115. The molecule has 0 aliphatic heterocycles. The van der Waals surface area contributed by atoms with Gasteiger partial charge in [0.1, 0.15) is 0 Å². The number of aromatic amines is 1. The van der Waals surface area contributed by atoms with Crippen LogP contribution in [0.25, 0.3) is 16.4 Å². The molecule has 0 saturated heterocycles. The molecule has 80 valence electrons. The van der Waals surface area contributed by atoms with Gasteiger partial charge in [0.15, 0.2) is 0 Å². The Hall–Kier alpha value is -1.71. The zero-order valence-electron chi connectivity index (χ0n) is 8.27. The molecule has 2 aromatic rings. The van der Waals surface area contributed by atoms with Gasteiger partial charge in [0, 0.05) is 28.0 Å². The van der Waals surface area contributed by atoms with E-state index in [-0.39, 0.29) is 12.2 Å². The predicted molar refractivity (Wildman–Crippen MR) is 64.4 cm³/mol. The van der Waals surface area contributed by atoms with E-state index in [0.717, 1.165) is 27.2 Å². The fourth-order valence-electron chi connectivity index (χ4n) is 1.59. The zero-order chi connectivity index (χ0) is 11.5. The number of rotatable bonds is 3. The predicted octanol–water partition coefficient (Wildman–Crippen LogP) is 2.34. The van der Waals surface area contributed by atoms with Gasteiger partial charge in [-0.25, -0.2) is 0 Å². The van der Waals surface area contributed by atoms with E-state index < -0.39 is 0 Å². The number of carbonyl (C=O) groups excluding carboxylic acids is 1. The topological polar surface area (TPSA) is 69.3 Å². The summed E-state index contributed by atoms with van der Waals surface area (Å²) in [4.78, 5) is 17.1. The van der Waals surface area contributed by atoms with Crippen molar-refractivity contribution in [2.75, 3.05) is 0 Å². The van der Waals surface area contributed by atoms with Crippen LogP contribution in [0.15, 0.2) is 28.9 Å². The fourth-order valence-corrected chi connectivity index (χ4v) is 1.96. The lowest BCUT2D eigenvalue weighted by Crippen LogP contribution is -2.03. The van der Waals surface area contributed by atoms with Crippen LogP contribution in [0.5, 0.6) is 0 Å². The van der Waals surface area contributed by atoms with Crippen molar-refractivity contribution in [2.45, 2.75) is 6.42 Å². The minimum absolute atomic E-state index is 0.223. The molecular formula is C11H8BrN3O. The summed E-state index contributed by atoms with van der Waals surface area (Å²) in [6.45, 7) is 0. The molecule has 0 bridgehead atoms. The third-order valence-electron chi connectivity index (χ3n) is 2.30. The van der Waals surface area contributed by atoms with Crippen molar-refractivity contribution in [1.82, 2.24) is 4.98 Å². The summed E-state index contributed by atoms with van der Waals surface area (Å²) in [5, 5.41) is 0.995. The van der Waals surface area contributed by atoms with Crippen molar-refractivity contribution in [2.24, 2.45) is 0 Å². The lowest BCUT2D eigenvalue weighted by Gasteiger charge is -1.95. The zero-order valence-corrected chi connectivity index (χ0v) is 9.86. The summed E-state index contributed by atoms with van der Waals surface area (Å²) >= 11 is 3.38. The van der Waals surface area contributed by atoms with E-state index in [0.29, 0.717) is 0 Å². The van der Waals surface area contributed by atoms with Gasteiger partial charge in [-0.15, -0.1) is 0 Å².